The minimum atomic E-state index is -1.25. The largest absolute Gasteiger partial charge is 0.343 e. The summed E-state index contributed by atoms with van der Waals surface area (Å²) in [6.07, 6.45) is 0.535. The number of alkyl halides is 1. The number of rotatable bonds is 7. The van der Waals surface area contributed by atoms with Crippen molar-refractivity contribution in [1.82, 2.24) is 15.2 Å². The predicted molar refractivity (Wildman–Crippen MR) is 147 cm³/mol. The lowest BCUT2D eigenvalue weighted by atomic mass is 9.95. The van der Waals surface area contributed by atoms with Crippen LogP contribution in [0.3, 0.4) is 0 Å². The number of halogens is 1. The summed E-state index contributed by atoms with van der Waals surface area (Å²) in [4.78, 5) is 32.8. The van der Waals surface area contributed by atoms with Crippen molar-refractivity contribution < 1.29 is 14.0 Å². The molecule has 1 N–H and O–H groups in total. The monoisotopic (exact) mass is 509 g/mol. The topological polar surface area (TPSA) is 62.3 Å². The van der Waals surface area contributed by atoms with Gasteiger partial charge in [-0.1, -0.05) is 86.6 Å². The van der Waals surface area contributed by atoms with Crippen LogP contribution in [0.1, 0.15) is 54.5 Å². The maximum atomic E-state index is 14.7. The number of benzene rings is 3. The van der Waals surface area contributed by atoms with Crippen LogP contribution in [0.5, 0.6) is 0 Å². The number of hydrogen-bond donors (Lipinski definition) is 1. The smallest absolute Gasteiger partial charge is 0.243 e. The fraction of sp³-hybridized carbons (Fsp3) is 0.281. The van der Waals surface area contributed by atoms with E-state index in [1.807, 2.05) is 72.8 Å². The standard InChI is InChI=1S/C32H32FN3O2/c1-21(2)22-13-15-24(16-14-22)31(23-8-4-3-5-9-23)35-32(38)29-19-26(33)20-36(29)30(37)18-25-10-6-12-28-27(25)11-7-17-34-28/h3-17,21,26,29,31H,18-20H2,1-2H3,(H,35,38). The van der Waals surface area contributed by atoms with Crippen LogP contribution in [0.4, 0.5) is 4.39 Å². The number of likely N-dealkylation sites (tertiary alicyclic amines) is 1. The first-order chi connectivity index (χ1) is 18.4. The average Bonchev–Trinajstić information content (AvgIpc) is 3.34. The fourth-order valence-corrected chi connectivity index (χ4v) is 5.21. The number of amides is 2. The molecule has 0 spiro atoms. The molecule has 4 aromatic rings. The minimum Gasteiger partial charge on any atom is -0.343 e. The normalized spacial score (nSPS) is 18.1. The van der Waals surface area contributed by atoms with E-state index in [9.17, 15) is 14.0 Å². The van der Waals surface area contributed by atoms with Gasteiger partial charge in [0.1, 0.15) is 12.2 Å². The highest BCUT2D eigenvalue weighted by molar-refractivity contribution is 5.92. The summed E-state index contributed by atoms with van der Waals surface area (Å²) >= 11 is 0. The van der Waals surface area contributed by atoms with Crippen LogP contribution in [0.15, 0.2) is 91.1 Å². The molecule has 1 aliphatic rings. The quantitative estimate of drug-likeness (QED) is 0.345. The molecule has 6 heteroatoms. The molecule has 3 atom stereocenters. The van der Waals surface area contributed by atoms with Crippen molar-refractivity contribution in [2.75, 3.05) is 6.54 Å². The number of carbonyl (C=O) groups excluding carboxylic acids is 2. The molecule has 5 nitrogen and oxygen atoms in total. The van der Waals surface area contributed by atoms with E-state index in [0.717, 1.165) is 27.6 Å². The van der Waals surface area contributed by atoms with Gasteiger partial charge in [-0.15, -0.1) is 0 Å². The van der Waals surface area contributed by atoms with Gasteiger partial charge in [-0.05, 0) is 40.3 Å². The molecule has 1 fully saturated rings. The van der Waals surface area contributed by atoms with Gasteiger partial charge < -0.3 is 10.2 Å². The summed E-state index contributed by atoms with van der Waals surface area (Å²) in [6, 6.07) is 26.0. The zero-order valence-corrected chi connectivity index (χ0v) is 21.7. The molecule has 1 aliphatic heterocycles. The molecule has 194 valence electrons. The van der Waals surface area contributed by atoms with Crippen molar-refractivity contribution in [3.8, 4) is 0 Å². The molecule has 1 aromatic heterocycles. The molecular formula is C32H32FN3O2. The Morgan fingerprint density at radius 1 is 0.921 bits per heavy atom. The van der Waals surface area contributed by atoms with E-state index in [0.29, 0.717) is 5.92 Å². The lowest BCUT2D eigenvalue weighted by Gasteiger charge is -2.27. The minimum absolute atomic E-state index is 0.0114. The molecular weight excluding hydrogens is 477 g/mol. The van der Waals surface area contributed by atoms with E-state index in [1.165, 1.54) is 10.5 Å². The van der Waals surface area contributed by atoms with Crippen LogP contribution in [0.25, 0.3) is 10.9 Å². The van der Waals surface area contributed by atoms with Gasteiger partial charge >= 0.3 is 0 Å². The summed E-state index contributed by atoms with van der Waals surface area (Å²) in [6.45, 7) is 4.19. The third-order valence-corrected chi connectivity index (χ3v) is 7.31. The van der Waals surface area contributed by atoms with E-state index in [2.05, 4.69) is 36.3 Å². The van der Waals surface area contributed by atoms with E-state index in [4.69, 9.17) is 0 Å². The van der Waals surface area contributed by atoms with Gasteiger partial charge in [-0.25, -0.2) is 4.39 Å². The molecule has 0 saturated carbocycles. The predicted octanol–water partition coefficient (Wildman–Crippen LogP) is 5.75. The number of aromatic nitrogens is 1. The van der Waals surface area contributed by atoms with Gasteiger partial charge in [0.05, 0.1) is 24.5 Å². The molecule has 38 heavy (non-hydrogen) atoms. The Bertz CT molecular complexity index is 1420. The van der Waals surface area contributed by atoms with Crippen LogP contribution in [0.2, 0.25) is 0 Å². The summed E-state index contributed by atoms with van der Waals surface area (Å²) in [5.74, 6) is -0.218. The summed E-state index contributed by atoms with van der Waals surface area (Å²) < 4.78 is 14.7. The van der Waals surface area contributed by atoms with Crippen LogP contribution >= 0.6 is 0 Å². The van der Waals surface area contributed by atoms with Crippen LogP contribution < -0.4 is 5.32 Å². The second kappa shape index (κ2) is 11.1. The molecule has 3 aromatic carbocycles. The molecule has 3 unspecified atom stereocenters. The Labute approximate surface area is 222 Å². The molecule has 0 bridgehead atoms. The van der Waals surface area contributed by atoms with Gasteiger partial charge in [-0.2, -0.15) is 0 Å². The summed E-state index contributed by atoms with van der Waals surface area (Å²) in [7, 11) is 0. The zero-order chi connectivity index (χ0) is 26.6. The molecule has 2 heterocycles. The Morgan fingerprint density at radius 3 is 2.37 bits per heavy atom. The molecule has 1 saturated heterocycles. The number of fused-ring (bicyclic) bond motifs is 1. The van der Waals surface area contributed by atoms with Gasteiger partial charge in [0.2, 0.25) is 11.8 Å². The molecule has 2 amide bonds. The number of hydrogen-bond acceptors (Lipinski definition) is 3. The van der Waals surface area contributed by atoms with Crippen LogP contribution in [0, 0.1) is 0 Å². The molecule has 5 rings (SSSR count). The highest BCUT2D eigenvalue weighted by Gasteiger charge is 2.40. The number of nitrogens with one attached hydrogen (secondary N) is 1. The number of carbonyl (C=O) groups is 2. The second-order valence-corrected chi connectivity index (χ2v) is 10.2. The third kappa shape index (κ3) is 5.44. The van der Waals surface area contributed by atoms with E-state index in [-0.39, 0.29) is 31.2 Å². The van der Waals surface area contributed by atoms with Crippen molar-refractivity contribution >= 4 is 22.7 Å². The van der Waals surface area contributed by atoms with E-state index < -0.39 is 18.3 Å². The molecule has 0 radical (unpaired) electrons. The lowest BCUT2D eigenvalue weighted by molar-refractivity contribution is -0.138. The highest BCUT2D eigenvalue weighted by Crippen LogP contribution is 2.28. The second-order valence-electron chi connectivity index (χ2n) is 10.2. The Hall–Kier alpha value is -4.06. The Morgan fingerprint density at radius 2 is 1.63 bits per heavy atom. The van der Waals surface area contributed by atoms with Crippen molar-refractivity contribution in [3.63, 3.8) is 0 Å². The maximum Gasteiger partial charge on any atom is 0.243 e. The SMILES string of the molecule is CC(C)c1ccc(C(NC(=O)C2CC(F)CN2C(=O)Cc2cccc3ncccc23)c2ccccc2)cc1. The van der Waals surface area contributed by atoms with Crippen molar-refractivity contribution in [2.24, 2.45) is 0 Å². The van der Waals surface area contributed by atoms with Crippen molar-refractivity contribution in [3.05, 3.63) is 113 Å². The average molecular weight is 510 g/mol. The summed E-state index contributed by atoms with van der Waals surface area (Å²) in [5, 5.41) is 4.01. The third-order valence-electron chi connectivity index (χ3n) is 7.31. The van der Waals surface area contributed by atoms with Crippen LogP contribution in [-0.4, -0.2) is 40.5 Å². The molecule has 0 aliphatic carbocycles. The highest BCUT2D eigenvalue weighted by atomic mass is 19.1. The maximum absolute atomic E-state index is 14.7. The van der Waals surface area contributed by atoms with Crippen molar-refractivity contribution in [1.29, 1.82) is 0 Å². The first kappa shape index (κ1) is 25.6. The van der Waals surface area contributed by atoms with Gasteiger partial charge in [-0.3, -0.25) is 14.6 Å². The lowest BCUT2D eigenvalue weighted by Crippen LogP contribution is -2.47. The Balaban J connectivity index is 1.38. The van der Waals surface area contributed by atoms with Crippen molar-refractivity contribution in [2.45, 2.75) is 50.9 Å². The number of pyridine rings is 1. The summed E-state index contributed by atoms with van der Waals surface area (Å²) in [5.41, 5.74) is 4.68. The first-order valence-corrected chi connectivity index (χ1v) is 13.1. The zero-order valence-electron chi connectivity index (χ0n) is 21.7. The Kier molecular flexibility index (Phi) is 7.50. The number of nitrogens with zero attached hydrogens (tertiary/aromatic N) is 2. The van der Waals surface area contributed by atoms with Crippen LogP contribution in [-0.2, 0) is 16.0 Å². The fourth-order valence-electron chi connectivity index (χ4n) is 5.21. The van der Waals surface area contributed by atoms with E-state index in [1.54, 1.807) is 6.20 Å². The van der Waals surface area contributed by atoms with Gasteiger partial charge in [0.25, 0.3) is 0 Å². The van der Waals surface area contributed by atoms with Gasteiger partial charge in [0, 0.05) is 18.0 Å². The van der Waals surface area contributed by atoms with Gasteiger partial charge in [0.15, 0.2) is 0 Å². The first-order valence-electron chi connectivity index (χ1n) is 13.1. The van der Waals surface area contributed by atoms with E-state index >= 15 is 0 Å².